The van der Waals surface area contributed by atoms with Gasteiger partial charge in [-0.3, -0.25) is 9.35 Å². The van der Waals surface area contributed by atoms with Crippen LogP contribution in [0.5, 0.6) is 0 Å². The topological polar surface area (TPSA) is 170 Å². The van der Waals surface area contributed by atoms with Gasteiger partial charge in [-0.1, -0.05) is 104 Å². The maximum atomic E-state index is 11.0. The van der Waals surface area contributed by atoms with Gasteiger partial charge in [0.05, 0.1) is 5.66 Å². The summed E-state index contributed by atoms with van der Waals surface area (Å²) in [6.07, 6.45) is 21.1. The molecule has 0 fully saturated rings. The lowest BCUT2D eigenvalue weighted by Gasteiger charge is -2.30. The first-order chi connectivity index (χ1) is 16.0. The summed E-state index contributed by atoms with van der Waals surface area (Å²) in [6, 6.07) is 0. The van der Waals surface area contributed by atoms with E-state index in [1.165, 1.54) is 83.5 Å². The van der Waals surface area contributed by atoms with Gasteiger partial charge in [-0.15, -0.1) is 0 Å². The fraction of sp³-hybridized carbons (Fsp3) is 0.960. The van der Waals surface area contributed by atoms with Crippen LogP contribution in [-0.4, -0.2) is 41.5 Å². The van der Waals surface area contributed by atoms with Crippen LogP contribution in [0.1, 0.15) is 136 Å². The molecule has 34 heavy (non-hydrogen) atoms. The number of carboxylic acid groups (broad SMARTS) is 1. The number of hydrogen-bond acceptors (Lipinski definition) is 6. The molecule has 0 rings (SSSR count). The predicted molar refractivity (Wildman–Crippen MR) is 142 cm³/mol. The predicted octanol–water partition coefficient (Wildman–Crippen LogP) is 5.34. The van der Waals surface area contributed by atoms with Gasteiger partial charge in [0.25, 0.3) is 10.1 Å². The number of carbonyl (C=O) groups is 1. The minimum absolute atomic E-state index is 0.177. The SMILES string of the molecule is CCC(N)(N)C(CCCN)S(=O)(=O)O.CCCCCCCCCCCCCCCCCC(=O)O. The summed E-state index contributed by atoms with van der Waals surface area (Å²) in [5.41, 5.74) is 15.0. The third-order valence-corrected chi connectivity index (χ3v) is 7.63. The molecule has 206 valence electrons. The van der Waals surface area contributed by atoms with E-state index in [0.717, 1.165) is 12.8 Å². The monoisotopic (exact) mass is 509 g/mol. The molecular weight excluding hydrogens is 454 g/mol. The molecule has 0 spiro atoms. The van der Waals surface area contributed by atoms with Crippen molar-refractivity contribution in [2.45, 2.75) is 147 Å². The maximum absolute atomic E-state index is 11.0. The zero-order chi connectivity index (χ0) is 26.3. The van der Waals surface area contributed by atoms with E-state index in [1.54, 1.807) is 6.92 Å². The molecule has 1 atom stereocenters. The lowest BCUT2D eigenvalue weighted by molar-refractivity contribution is -0.137. The lowest BCUT2D eigenvalue weighted by atomic mass is 10.0. The average molecular weight is 510 g/mol. The molecule has 0 bridgehead atoms. The second-order valence-electron chi connectivity index (χ2n) is 9.49. The van der Waals surface area contributed by atoms with Crippen molar-refractivity contribution >= 4 is 16.1 Å². The second-order valence-corrected chi connectivity index (χ2v) is 11.1. The van der Waals surface area contributed by atoms with E-state index in [0.29, 0.717) is 19.4 Å². The lowest BCUT2D eigenvalue weighted by Crippen LogP contribution is -2.60. The minimum Gasteiger partial charge on any atom is -0.481 e. The number of nitrogens with two attached hydrogens (primary N) is 3. The van der Waals surface area contributed by atoms with Gasteiger partial charge in [-0.05, 0) is 32.2 Å². The molecule has 0 heterocycles. The van der Waals surface area contributed by atoms with Gasteiger partial charge in [0.15, 0.2) is 0 Å². The fourth-order valence-corrected chi connectivity index (χ4v) is 5.06. The summed E-state index contributed by atoms with van der Waals surface area (Å²) in [6.45, 7) is 4.28. The Balaban J connectivity index is 0. The summed E-state index contributed by atoms with van der Waals surface area (Å²) in [5, 5.41) is 7.37. The Morgan fingerprint density at radius 2 is 1.15 bits per heavy atom. The molecule has 8 N–H and O–H groups in total. The molecule has 0 aliphatic heterocycles. The molecule has 0 aliphatic carbocycles. The summed E-state index contributed by atoms with van der Waals surface area (Å²) in [5.74, 6) is -0.653. The van der Waals surface area contributed by atoms with Crippen molar-refractivity contribution in [2.24, 2.45) is 17.2 Å². The van der Waals surface area contributed by atoms with E-state index in [1.807, 2.05) is 0 Å². The van der Waals surface area contributed by atoms with Gasteiger partial charge >= 0.3 is 5.97 Å². The maximum Gasteiger partial charge on any atom is 0.303 e. The van der Waals surface area contributed by atoms with Crippen molar-refractivity contribution in [2.75, 3.05) is 6.54 Å². The zero-order valence-electron chi connectivity index (χ0n) is 22.0. The van der Waals surface area contributed by atoms with E-state index in [-0.39, 0.29) is 12.8 Å². The molecule has 0 amide bonds. The quantitative estimate of drug-likeness (QED) is 0.0739. The van der Waals surface area contributed by atoms with Crippen molar-refractivity contribution in [1.29, 1.82) is 0 Å². The molecule has 8 nitrogen and oxygen atoms in total. The van der Waals surface area contributed by atoms with Crippen LogP contribution < -0.4 is 17.2 Å². The Morgan fingerprint density at radius 1 is 0.765 bits per heavy atom. The van der Waals surface area contributed by atoms with Gasteiger partial charge < -0.3 is 22.3 Å². The zero-order valence-corrected chi connectivity index (χ0v) is 22.8. The van der Waals surface area contributed by atoms with Crippen LogP contribution in [0.25, 0.3) is 0 Å². The summed E-state index contributed by atoms with van der Waals surface area (Å²) >= 11 is 0. The number of rotatable bonds is 22. The van der Waals surface area contributed by atoms with Crippen LogP contribution in [0, 0.1) is 0 Å². The van der Waals surface area contributed by atoms with Crippen molar-refractivity contribution in [3.05, 3.63) is 0 Å². The normalized spacial score (nSPS) is 12.8. The summed E-state index contributed by atoms with van der Waals surface area (Å²) in [4.78, 5) is 10.3. The number of aliphatic carboxylic acids is 1. The first kappa shape index (κ1) is 35.4. The van der Waals surface area contributed by atoms with Gasteiger partial charge in [0, 0.05) is 6.42 Å². The Hall–Kier alpha value is -0.740. The number of unbranched alkanes of at least 4 members (excludes halogenated alkanes) is 14. The molecule has 0 saturated heterocycles. The molecule has 0 radical (unpaired) electrons. The molecule has 0 aromatic heterocycles. The fourth-order valence-electron chi connectivity index (χ4n) is 3.87. The number of hydrogen-bond donors (Lipinski definition) is 5. The van der Waals surface area contributed by atoms with Crippen LogP contribution in [-0.2, 0) is 14.9 Å². The molecule has 1 unspecified atom stereocenters. The second kappa shape index (κ2) is 22.7. The molecule has 0 aliphatic rings. The van der Waals surface area contributed by atoms with Gasteiger partial charge in [0.2, 0.25) is 0 Å². The largest absolute Gasteiger partial charge is 0.481 e. The van der Waals surface area contributed by atoms with Gasteiger partial charge in [-0.2, -0.15) is 8.42 Å². The van der Waals surface area contributed by atoms with Gasteiger partial charge in [0.1, 0.15) is 5.25 Å². The van der Waals surface area contributed by atoms with Crippen molar-refractivity contribution < 1.29 is 22.9 Å². The Labute approximate surface area is 209 Å². The highest BCUT2D eigenvalue weighted by Gasteiger charge is 2.37. The van der Waals surface area contributed by atoms with Crippen LogP contribution in [0.15, 0.2) is 0 Å². The third-order valence-electron chi connectivity index (χ3n) is 6.24. The minimum atomic E-state index is -4.21. The highest BCUT2D eigenvalue weighted by molar-refractivity contribution is 7.86. The molecule has 0 saturated carbocycles. The highest BCUT2D eigenvalue weighted by Crippen LogP contribution is 2.18. The van der Waals surface area contributed by atoms with Crippen LogP contribution >= 0.6 is 0 Å². The molecule has 9 heteroatoms. The highest BCUT2D eigenvalue weighted by atomic mass is 32.2. The standard InChI is InChI=1S/C18H36O2.C7H19N3O3S/c1-2-3-4-5-6-7-8-9-10-11-12-13-14-15-16-17-18(19)20;1-2-7(9,10)6(4-3-5-8)14(11,12)13/h2-17H2,1H3,(H,19,20);6H,2-5,8-10H2,1H3,(H,11,12,13). The first-order valence-electron chi connectivity index (χ1n) is 13.5. The van der Waals surface area contributed by atoms with E-state index in [2.05, 4.69) is 6.92 Å². The Kier molecular flexibility index (Phi) is 23.7. The van der Waals surface area contributed by atoms with E-state index >= 15 is 0 Å². The van der Waals surface area contributed by atoms with Crippen LogP contribution in [0.2, 0.25) is 0 Å². The van der Waals surface area contributed by atoms with Crippen LogP contribution in [0.3, 0.4) is 0 Å². The number of carboxylic acids is 1. The molecular formula is C25H55N3O5S. The van der Waals surface area contributed by atoms with Crippen molar-refractivity contribution in [3.63, 3.8) is 0 Å². The van der Waals surface area contributed by atoms with Crippen molar-refractivity contribution in [1.82, 2.24) is 0 Å². The Bertz CT molecular complexity index is 571. The van der Waals surface area contributed by atoms with Crippen molar-refractivity contribution in [3.8, 4) is 0 Å². The first-order valence-corrected chi connectivity index (χ1v) is 15.0. The molecule has 0 aromatic carbocycles. The third kappa shape index (κ3) is 23.0. The smallest absolute Gasteiger partial charge is 0.303 e. The van der Waals surface area contributed by atoms with Crippen LogP contribution in [0.4, 0.5) is 0 Å². The molecule has 0 aromatic rings. The van der Waals surface area contributed by atoms with E-state index < -0.39 is 27.0 Å². The summed E-state index contributed by atoms with van der Waals surface area (Å²) in [7, 11) is -4.21. The van der Waals surface area contributed by atoms with E-state index in [4.69, 9.17) is 26.9 Å². The average Bonchev–Trinajstić information content (AvgIpc) is 2.76. The summed E-state index contributed by atoms with van der Waals surface area (Å²) < 4.78 is 30.9. The van der Waals surface area contributed by atoms with E-state index in [9.17, 15) is 13.2 Å². The van der Waals surface area contributed by atoms with Gasteiger partial charge in [-0.25, -0.2) is 0 Å². The Morgan fingerprint density at radius 3 is 1.44 bits per heavy atom.